The summed E-state index contributed by atoms with van der Waals surface area (Å²) >= 11 is 1.89. The summed E-state index contributed by atoms with van der Waals surface area (Å²) in [6.45, 7) is 6.62. The van der Waals surface area contributed by atoms with Crippen molar-refractivity contribution in [1.29, 1.82) is 0 Å². The first kappa shape index (κ1) is 9.91. The second-order valence-corrected chi connectivity index (χ2v) is 5.94. The zero-order chi connectivity index (χ0) is 11.3. The molecule has 1 aromatic carbocycles. The van der Waals surface area contributed by atoms with Gasteiger partial charge in [-0.2, -0.15) is 0 Å². The Morgan fingerprint density at radius 1 is 1.19 bits per heavy atom. The lowest BCUT2D eigenvalue weighted by Gasteiger charge is -1.97. The average molecular weight is 229 g/mol. The zero-order valence-corrected chi connectivity index (χ0v) is 10.6. The lowest BCUT2D eigenvalue weighted by molar-refractivity contribution is 0.836. The van der Waals surface area contributed by atoms with Crippen LogP contribution in [-0.2, 0) is 0 Å². The lowest BCUT2D eigenvalue weighted by Crippen LogP contribution is -1.84. The van der Waals surface area contributed by atoms with Crippen LogP contribution in [0.2, 0.25) is 0 Å². The fraction of sp³-hybridized carbons (Fsp3) is 0.286. The van der Waals surface area contributed by atoms with Gasteiger partial charge in [0.05, 0.1) is 0 Å². The third-order valence-electron chi connectivity index (χ3n) is 3.05. The highest BCUT2D eigenvalue weighted by molar-refractivity contribution is 7.20. The van der Waals surface area contributed by atoms with E-state index >= 15 is 0 Å². The smallest absolute Gasteiger partial charge is 0.0470 e. The molecule has 3 rings (SSSR count). The first-order valence-electron chi connectivity index (χ1n) is 5.67. The number of hydrogen-bond acceptors (Lipinski definition) is 1. The van der Waals surface area contributed by atoms with Gasteiger partial charge in [-0.3, -0.25) is 0 Å². The van der Waals surface area contributed by atoms with Crippen molar-refractivity contribution in [2.24, 2.45) is 0 Å². The third-order valence-corrected chi connectivity index (χ3v) is 4.15. The Morgan fingerprint density at radius 2 is 2.00 bits per heavy atom. The van der Waals surface area contributed by atoms with Crippen molar-refractivity contribution in [3.8, 4) is 0 Å². The van der Waals surface area contributed by atoms with Crippen molar-refractivity contribution >= 4 is 32.3 Å². The second-order valence-electron chi connectivity index (χ2n) is 4.68. The molecule has 0 aliphatic heterocycles. The van der Waals surface area contributed by atoms with Crippen molar-refractivity contribution in [3.63, 3.8) is 0 Å². The van der Waals surface area contributed by atoms with E-state index in [4.69, 9.17) is 0 Å². The molecule has 0 unspecified atom stereocenters. The van der Waals surface area contributed by atoms with Crippen LogP contribution >= 0.6 is 11.3 Å². The van der Waals surface area contributed by atoms with E-state index in [-0.39, 0.29) is 0 Å². The number of thiophene rings is 1. The summed E-state index contributed by atoms with van der Waals surface area (Å²) in [6, 6.07) is 8.97. The predicted molar refractivity (Wildman–Crippen MR) is 72.5 cm³/mol. The van der Waals surface area contributed by atoms with E-state index in [1.807, 2.05) is 11.3 Å². The molecule has 0 bridgehead atoms. The van der Waals surface area contributed by atoms with Crippen LogP contribution in [0.15, 0.2) is 24.3 Å². The summed E-state index contributed by atoms with van der Waals surface area (Å²) < 4.78 is 1.41. The topological polar surface area (TPSA) is 15.8 Å². The number of H-pyrrole nitrogens is 1. The quantitative estimate of drug-likeness (QED) is 0.616. The van der Waals surface area contributed by atoms with Crippen LogP contribution in [0.1, 0.15) is 30.3 Å². The number of aromatic nitrogens is 1. The molecule has 82 valence electrons. The van der Waals surface area contributed by atoms with Crippen LogP contribution < -0.4 is 0 Å². The first-order chi connectivity index (χ1) is 7.65. The van der Waals surface area contributed by atoms with Gasteiger partial charge in [0.1, 0.15) is 0 Å². The Bertz CT molecular complexity index is 658. The average Bonchev–Trinajstić information content (AvgIpc) is 2.77. The summed E-state index contributed by atoms with van der Waals surface area (Å²) in [4.78, 5) is 4.89. The molecule has 0 fully saturated rings. The Balaban J connectivity index is 2.40. The van der Waals surface area contributed by atoms with Crippen molar-refractivity contribution in [2.45, 2.75) is 26.7 Å². The minimum Gasteiger partial charge on any atom is -0.358 e. The van der Waals surface area contributed by atoms with E-state index in [9.17, 15) is 0 Å². The van der Waals surface area contributed by atoms with E-state index in [1.165, 1.54) is 31.6 Å². The Hall–Kier alpha value is -1.28. The monoisotopic (exact) mass is 229 g/mol. The van der Waals surface area contributed by atoms with E-state index < -0.39 is 0 Å². The van der Waals surface area contributed by atoms with Gasteiger partial charge in [0.15, 0.2) is 0 Å². The van der Waals surface area contributed by atoms with Crippen molar-refractivity contribution < 1.29 is 0 Å². The van der Waals surface area contributed by atoms with Gasteiger partial charge in [-0.1, -0.05) is 19.9 Å². The van der Waals surface area contributed by atoms with Crippen molar-refractivity contribution in [3.05, 3.63) is 34.8 Å². The molecule has 2 heterocycles. The molecule has 0 amide bonds. The van der Waals surface area contributed by atoms with Crippen LogP contribution in [-0.4, -0.2) is 4.98 Å². The van der Waals surface area contributed by atoms with Crippen LogP contribution in [0.3, 0.4) is 0 Å². The minimum absolute atomic E-state index is 0.559. The third kappa shape index (κ3) is 1.37. The molecule has 0 aliphatic carbocycles. The standard InChI is InChI=1S/C14H15NS/c1-8(2)13-7-11-12(15-13)5-4-10-6-9(3)16-14(10)11/h4-8,15H,1-3H3. The first-order valence-corrected chi connectivity index (χ1v) is 6.48. The predicted octanol–water partition coefficient (Wildman–Crippen LogP) is 4.81. The molecule has 0 saturated heterocycles. The molecular weight excluding hydrogens is 214 g/mol. The Morgan fingerprint density at radius 3 is 2.75 bits per heavy atom. The Kier molecular flexibility index (Phi) is 2.08. The molecule has 2 aromatic heterocycles. The number of hydrogen-bond donors (Lipinski definition) is 1. The summed E-state index contributed by atoms with van der Waals surface area (Å²) in [7, 11) is 0. The molecular formula is C14H15NS. The van der Waals surface area contributed by atoms with Crippen LogP contribution in [0, 0.1) is 6.92 Å². The number of fused-ring (bicyclic) bond motifs is 3. The van der Waals surface area contributed by atoms with Crippen molar-refractivity contribution in [1.82, 2.24) is 4.98 Å². The normalized spacial score (nSPS) is 12.0. The number of aryl methyl sites for hydroxylation is 1. The van der Waals surface area contributed by atoms with Gasteiger partial charge < -0.3 is 4.98 Å². The fourth-order valence-electron chi connectivity index (χ4n) is 2.16. The highest BCUT2D eigenvalue weighted by atomic mass is 32.1. The molecule has 0 aliphatic rings. The molecule has 16 heavy (non-hydrogen) atoms. The number of benzene rings is 1. The van der Waals surface area contributed by atoms with Gasteiger partial charge in [-0.05, 0) is 36.4 Å². The molecule has 0 atom stereocenters. The van der Waals surface area contributed by atoms with Gasteiger partial charge in [0.2, 0.25) is 0 Å². The number of aromatic amines is 1. The maximum atomic E-state index is 3.50. The van der Waals surface area contributed by atoms with Crippen LogP contribution in [0.25, 0.3) is 21.0 Å². The highest BCUT2D eigenvalue weighted by Gasteiger charge is 2.08. The van der Waals surface area contributed by atoms with E-state index in [0.717, 1.165) is 0 Å². The minimum atomic E-state index is 0.559. The van der Waals surface area contributed by atoms with E-state index in [0.29, 0.717) is 5.92 Å². The lowest BCUT2D eigenvalue weighted by atomic mass is 10.1. The summed E-state index contributed by atoms with van der Waals surface area (Å²) in [5.74, 6) is 0.559. The maximum Gasteiger partial charge on any atom is 0.0470 e. The summed E-state index contributed by atoms with van der Waals surface area (Å²) in [6.07, 6.45) is 0. The zero-order valence-electron chi connectivity index (χ0n) is 9.79. The van der Waals surface area contributed by atoms with Gasteiger partial charge in [-0.25, -0.2) is 0 Å². The number of nitrogens with one attached hydrogen (secondary N) is 1. The van der Waals surface area contributed by atoms with Gasteiger partial charge in [-0.15, -0.1) is 11.3 Å². The second kappa shape index (κ2) is 3.36. The fourth-order valence-corrected chi connectivity index (χ4v) is 3.20. The SMILES string of the molecule is Cc1cc2ccc3[nH]c(C(C)C)cc3c2s1. The maximum absolute atomic E-state index is 3.50. The van der Waals surface area contributed by atoms with Gasteiger partial charge in [0.25, 0.3) is 0 Å². The van der Waals surface area contributed by atoms with Gasteiger partial charge >= 0.3 is 0 Å². The molecule has 1 N–H and O–H groups in total. The van der Waals surface area contributed by atoms with Gasteiger partial charge in [0, 0.05) is 26.2 Å². The van der Waals surface area contributed by atoms with Crippen LogP contribution in [0.5, 0.6) is 0 Å². The Labute approximate surface area is 99.1 Å². The highest BCUT2D eigenvalue weighted by Crippen LogP contribution is 2.33. The van der Waals surface area contributed by atoms with Crippen molar-refractivity contribution in [2.75, 3.05) is 0 Å². The summed E-state index contributed by atoms with van der Waals surface area (Å²) in [5, 5.41) is 2.74. The number of rotatable bonds is 1. The molecule has 3 aromatic rings. The molecule has 0 radical (unpaired) electrons. The molecule has 1 nitrogen and oxygen atoms in total. The molecule has 0 spiro atoms. The van der Waals surface area contributed by atoms with E-state index in [2.05, 4.69) is 50.0 Å². The molecule has 0 saturated carbocycles. The van der Waals surface area contributed by atoms with E-state index in [1.54, 1.807) is 0 Å². The summed E-state index contributed by atoms with van der Waals surface area (Å²) in [5.41, 5.74) is 2.59. The van der Waals surface area contributed by atoms with Crippen LogP contribution in [0.4, 0.5) is 0 Å². The molecule has 2 heteroatoms. The largest absolute Gasteiger partial charge is 0.358 e.